The second-order valence-electron chi connectivity index (χ2n) is 6.39. The number of fused-ring (bicyclic) bond motifs is 1. The van der Waals surface area contributed by atoms with E-state index in [-0.39, 0.29) is 16.7 Å². The van der Waals surface area contributed by atoms with Gasteiger partial charge in [0.05, 0.1) is 17.1 Å². The van der Waals surface area contributed by atoms with Gasteiger partial charge in [0, 0.05) is 24.2 Å². The number of halogens is 1. The van der Waals surface area contributed by atoms with Gasteiger partial charge in [-0.2, -0.15) is 0 Å². The Labute approximate surface area is 131 Å². The highest BCUT2D eigenvalue weighted by Crippen LogP contribution is 2.57. The average Bonchev–Trinajstić information content (AvgIpc) is 3.06. The number of benzene rings is 1. The van der Waals surface area contributed by atoms with Crippen molar-refractivity contribution in [3.05, 3.63) is 32.8 Å². The Kier molecular flexibility index (Phi) is 3.01. The van der Waals surface area contributed by atoms with Gasteiger partial charge in [0.2, 0.25) is 0 Å². The Bertz CT molecular complexity index is 607. The van der Waals surface area contributed by atoms with Gasteiger partial charge in [-0.05, 0) is 42.7 Å². The highest BCUT2D eigenvalue weighted by Gasteiger charge is 2.60. The number of rotatable bonds is 3. The van der Waals surface area contributed by atoms with Crippen LogP contribution in [0.3, 0.4) is 0 Å². The van der Waals surface area contributed by atoms with Crippen LogP contribution in [0.1, 0.15) is 12.8 Å². The van der Waals surface area contributed by atoms with Crippen molar-refractivity contribution in [3.8, 4) is 0 Å². The smallest absolute Gasteiger partial charge is 0.293 e. The van der Waals surface area contributed by atoms with Gasteiger partial charge in [-0.25, -0.2) is 0 Å². The van der Waals surface area contributed by atoms with Crippen LogP contribution in [0, 0.1) is 27.9 Å². The lowest BCUT2D eigenvalue weighted by molar-refractivity contribution is -0.384. The number of anilines is 1. The van der Waals surface area contributed by atoms with Crippen LogP contribution < -0.4 is 4.90 Å². The molecule has 21 heavy (non-hydrogen) atoms. The van der Waals surface area contributed by atoms with Crippen molar-refractivity contribution in [2.75, 3.05) is 18.6 Å². The van der Waals surface area contributed by atoms with Gasteiger partial charge in [-0.1, -0.05) is 15.9 Å². The normalized spacial score (nSPS) is 36.5. The number of nitrogens with zero attached hydrogens (tertiary/aromatic N) is 2. The van der Waals surface area contributed by atoms with Crippen LogP contribution in [0.25, 0.3) is 0 Å². The fourth-order valence-corrected chi connectivity index (χ4v) is 5.23. The van der Waals surface area contributed by atoms with Gasteiger partial charge in [-0.15, -0.1) is 0 Å². The molecule has 1 heterocycles. The Balaban J connectivity index is 1.76. The molecular weight excluding hydrogens is 336 g/mol. The molecule has 1 aliphatic heterocycles. The summed E-state index contributed by atoms with van der Waals surface area (Å²) in [4.78, 5) is 13.3. The zero-order valence-electron chi connectivity index (χ0n) is 11.7. The van der Waals surface area contributed by atoms with Crippen LogP contribution in [-0.4, -0.2) is 30.7 Å². The van der Waals surface area contributed by atoms with Gasteiger partial charge in [0.25, 0.3) is 5.69 Å². The second kappa shape index (κ2) is 4.68. The molecule has 0 aromatic heterocycles. The number of ether oxygens (including phenoxy) is 1. The molecule has 0 unspecified atom stereocenters. The first-order valence-corrected chi connectivity index (χ1v) is 8.13. The van der Waals surface area contributed by atoms with Crippen molar-refractivity contribution in [2.45, 2.75) is 25.0 Å². The number of methoxy groups -OCH3 is 1. The molecule has 0 N–H and O–H groups in total. The van der Waals surface area contributed by atoms with Crippen molar-refractivity contribution in [3.63, 3.8) is 0 Å². The van der Waals surface area contributed by atoms with E-state index in [1.165, 1.54) is 12.8 Å². The predicted octanol–water partition coefficient (Wildman–Crippen LogP) is 3.22. The van der Waals surface area contributed by atoms with E-state index in [1.807, 2.05) is 12.1 Å². The molecule has 1 aromatic carbocycles. The zero-order chi connectivity index (χ0) is 14.7. The Hall–Kier alpha value is -1.14. The van der Waals surface area contributed by atoms with E-state index in [2.05, 4.69) is 20.8 Å². The lowest BCUT2D eigenvalue weighted by Gasteiger charge is -2.32. The predicted molar refractivity (Wildman–Crippen MR) is 82.4 cm³/mol. The quantitative estimate of drug-likeness (QED) is 0.619. The third-order valence-electron chi connectivity index (χ3n) is 5.53. The molecule has 0 radical (unpaired) electrons. The highest BCUT2D eigenvalue weighted by molar-refractivity contribution is 9.10. The maximum absolute atomic E-state index is 11.4. The van der Waals surface area contributed by atoms with Gasteiger partial charge < -0.3 is 9.64 Å². The SMILES string of the molecule is CO[C@@H]1[C@H]2C[C@H]3CN(c4ccc(Br)cc4[N+](=O)[O-])[C@@H]1[C@H]3C2. The van der Waals surface area contributed by atoms with Crippen LogP contribution in [0.2, 0.25) is 0 Å². The highest BCUT2D eigenvalue weighted by atomic mass is 79.9. The monoisotopic (exact) mass is 352 g/mol. The van der Waals surface area contributed by atoms with Gasteiger partial charge in [-0.3, -0.25) is 10.1 Å². The largest absolute Gasteiger partial charge is 0.379 e. The molecular formula is C15H17BrN2O3. The number of nitro benzene ring substituents is 1. The van der Waals surface area contributed by atoms with Gasteiger partial charge in [0.1, 0.15) is 5.69 Å². The van der Waals surface area contributed by atoms with Gasteiger partial charge >= 0.3 is 0 Å². The van der Waals surface area contributed by atoms with Crippen LogP contribution in [-0.2, 0) is 4.74 Å². The first kappa shape index (κ1) is 13.5. The Morgan fingerprint density at radius 2 is 2.19 bits per heavy atom. The van der Waals surface area contributed by atoms with E-state index in [1.54, 1.807) is 13.2 Å². The summed E-state index contributed by atoms with van der Waals surface area (Å²) < 4.78 is 6.47. The van der Waals surface area contributed by atoms with Crippen molar-refractivity contribution >= 4 is 27.3 Å². The van der Waals surface area contributed by atoms with Crippen LogP contribution in [0.15, 0.2) is 22.7 Å². The summed E-state index contributed by atoms with van der Waals surface area (Å²) in [5, 5.41) is 11.4. The first-order valence-electron chi connectivity index (χ1n) is 7.33. The number of hydrogen-bond donors (Lipinski definition) is 0. The minimum Gasteiger partial charge on any atom is -0.379 e. The van der Waals surface area contributed by atoms with E-state index >= 15 is 0 Å². The van der Waals surface area contributed by atoms with E-state index in [0.29, 0.717) is 23.8 Å². The third kappa shape index (κ3) is 1.85. The summed E-state index contributed by atoms with van der Waals surface area (Å²) >= 11 is 3.33. The van der Waals surface area contributed by atoms with E-state index in [4.69, 9.17) is 4.74 Å². The zero-order valence-corrected chi connectivity index (χ0v) is 13.3. The van der Waals surface area contributed by atoms with E-state index in [9.17, 15) is 10.1 Å². The van der Waals surface area contributed by atoms with E-state index < -0.39 is 0 Å². The summed E-state index contributed by atoms with van der Waals surface area (Å²) in [5.41, 5.74) is 0.925. The molecule has 4 rings (SSSR count). The first-order chi connectivity index (χ1) is 10.1. The minimum atomic E-state index is -0.283. The number of nitro groups is 1. The Morgan fingerprint density at radius 3 is 2.90 bits per heavy atom. The molecule has 2 saturated carbocycles. The topological polar surface area (TPSA) is 55.6 Å². The average molecular weight is 353 g/mol. The Morgan fingerprint density at radius 1 is 1.38 bits per heavy atom. The molecule has 2 aliphatic carbocycles. The van der Waals surface area contributed by atoms with E-state index in [0.717, 1.165) is 16.7 Å². The molecule has 1 aromatic rings. The summed E-state index contributed by atoms with van der Waals surface area (Å²) in [6.45, 7) is 0.925. The standard InChI is InChI=1S/C15H17BrN2O3/c1-21-15-8-4-9-7-17(14(15)11(9)5-8)12-3-2-10(16)6-13(12)18(19)20/h2-3,6,8-9,11,14-15H,4-5,7H2,1H3/t8-,9-,11-,14+,15+/m0/s1. The van der Waals surface area contributed by atoms with Crippen molar-refractivity contribution in [2.24, 2.45) is 17.8 Å². The van der Waals surface area contributed by atoms with Crippen molar-refractivity contribution in [1.82, 2.24) is 0 Å². The van der Waals surface area contributed by atoms with Crippen LogP contribution in [0.4, 0.5) is 11.4 Å². The molecule has 5 nitrogen and oxygen atoms in total. The third-order valence-corrected chi connectivity index (χ3v) is 6.03. The number of hydrogen-bond acceptors (Lipinski definition) is 4. The molecule has 3 fully saturated rings. The molecule has 2 bridgehead atoms. The van der Waals surface area contributed by atoms with Crippen molar-refractivity contribution < 1.29 is 9.66 Å². The maximum atomic E-state index is 11.4. The summed E-state index contributed by atoms with van der Waals surface area (Å²) in [7, 11) is 1.77. The molecule has 0 spiro atoms. The van der Waals surface area contributed by atoms with Crippen LogP contribution in [0.5, 0.6) is 0 Å². The second-order valence-corrected chi connectivity index (χ2v) is 7.30. The summed E-state index contributed by atoms with van der Waals surface area (Å²) in [6.07, 6.45) is 2.65. The molecule has 1 saturated heterocycles. The summed E-state index contributed by atoms with van der Waals surface area (Å²) in [6, 6.07) is 5.66. The van der Waals surface area contributed by atoms with Crippen molar-refractivity contribution in [1.29, 1.82) is 0 Å². The lowest BCUT2D eigenvalue weighted by atomic mass is 9.88. The summed E-state index contributed by atoms with van der Waals surface area (Å²) in [5.74, 6) is 1.95. The fourth-order valence-electron chi connectivity index (χ4n) is 4.88. The molecule has 3 aliphatic rings. The molecule has 112 valence electrons. The lowest BCUT2D eigenvalue weighted by Crippen LogP contribution is -2.42. The van der Waals surface area contributed by atoms with Crippen LogP contribution >= 0.6 is 15.9 Å². The minimum absolute atomic E-state index is 0.184. The van der Waals surface area contributed by atoms with Gasteiger partial charge in [0.15, 0.2) is 0 Å². The molecule has 6 heteroatoms. The molecule has 0 amide bonds. The maximum Gasteiger partial charge on any atom is 0.293 e. The molecule has 5 atom stereocenters. The fraction of sp³-hybridized carbons (Fsp3) is 0.600.